The van der Waals surface area contributed by atoms with Crippen LogP contribution in [-0.2, 0) is 39.2 Å². The third-order valence-electron chi connectivity index (χ3n) is 6.91. The predicted molar refractivity (Wildman–Crippen MR) is 178 cm³/mol. The Morgan fingerprint density at radius 3 is 2.09 bits per heavy atom. The number of hydrogen-bond donors (Lipinski definition) is 17. The molecule has 28 heteroatoms. The van der Waals surface area contributed by atoms with E-state index in [1.165, 1.54) is 0 Å². The van der Waals surface area contributed by atoms with E-state index < -0.39 is 120 Å². The van der Waals surface area contributed by atoms with Crippen molar-refractivity contribution in [2.45, 2.75) is 68.2 Å². The fourth-order valence-electron chi connectivity index (χ4n) is 4.46. The van der Waals surface area contributed by atoms with Gasteiger partial charge in [-0.3, -0.25) is 37.9 Å². The van der Waals surface area contributed by atoms with E-state index in [4.69, 9.17) is 40.5 Å². The van der Waals surface area contributed by atoms with Crippen LogP contribution in [-0.4, -0.2) is 149 Å². The Kier molecular flexibility index (Phi) is 19.0. The first kappa shape index (κ1) is 45.8. The Balaban J connectivity index is 0.00000262. The van der Waals surface area contributed by atoms with Crippen LogP contribution < -0.4 is 65.5 Å². The summed E-state index contributed by atoms with van der Waals surface area (Å²) in [7, 11) is -4.67. The van der Waals surface area contributed by atoms with E-state index in [-0.39, 0.29) is 18.8 Å². The molecule has 1 saturated heterocycles. The first-order chi connectivity index (χ1) is 24.7. The predicted octanol–water partition coefficient (Wildman–Crippen LogP) is -9.54. The summed E-state index contributed by atoms with van der Waals surface area (Å²) in [6.07, 6.45) is -0.339. The summed E-state index contributed by atoms with van der Waals surface area (Å²) in [5.41, 5.74) is 21.5. The molecule has 8 amide bonds. The van der Waals surface area contributed by atoms with E-state index in [0.717, 1.165) is 0 Å². The van der Waals surface area contributed by atoms with Gasteiger partial charge in [-0.25, -0.2) is 9.79 Å². The third kappa shape index (κ3) is 17.7. The molecule has 0 spiro atoms. The number of hydrogen-bond acceptors (Lipinski definition) is 17. The van der Waals surface area contributed by atoms with Gasteiger partial charge in [-0.05, 0) is 19.4 Å². The summed E-state index contributed by atoms with van der Waals surface area (Å²) in [4.78, 5) is 94.0. The summed E-state index contributed by atoms with van der Waals surface area (Å²) in [5, 5.41) is 47.9. The van der Waals surface area contributed by atoms with E-state index in [9.17, 15) is 48.9 Å². The van der Waals surface area contributed by atoms with Gasteiger partial charge in [0.05, 0.1) is 19.3 Å². The maximum Gasteiger partial charge on any atom is 0.394 e. The summed E-state index contributed by atoms with van der Waals surface area (Å²) in [6.45, 7) is -2.36. The number of nitrogens with zero attached hydrogens (tertiary/aromatic N) is 1. The highest BCUT2D eigenvalue weighted by Gasteiger charge is 2.37. The molecule has 2 aliphatic rings. The second-order valence-corrected chi connectivity index (χ2v) is 12.1. The van der Waals surface area contributed by atoms with Gasteiger partial charge < -0.3 is 80.8 Å². The van der Waals surface area contributed by atoms with E-state index in [0.29, 0.717) is 25.6 Å². The monoisotopic (exact) mass is 783 g/mol. The summed E-state index contributed by atoms with van der Waals surface area (Å²) < 4.78 is 31.6. The number of aliphatic hydroxyl groups excluding tert-OH is 3. The quantitative estimate of drug-likeness (QED) is 0.0722. The van der Waals surface area contributed by atoms with Crippen molar-refractivity contribution in [3.05, 3.63) is 11.9 Å². The second-order valence-electron chi connectivity index (χ2n) is 11.2. The van der Waals surface area contributed by atoms with Crippen LogP contribution in [0.15, 0.2) is 16.9 Å². The van der Waals surface area contributed by atoms with Crippen molar-refractivity contribution in [3.63, 3.8) is 0 Å². The van der Waals surface area contributed by atoms with E-state index in [1.807, 2.05) is 5.32 Å². The first-order valence-electron chi connectivity index (χ1n) is 15.4. The zero-order chi connectivity index (χ0) is 40.5. The minimum atomic E-state index is -4.67. The minimum absolute atomic E-state index is 0.245. The van der Waals surface area contributed by atoms with Crippen molar-refractivity contribution in [1.29, 1.82) is 0 Å². The lowest BCUT2D eigenvalue weighted by Crippen LogP contribution is -2.64. The van der Waals surface area contributed by atoms with Gasteiger partial charge in [0, 0.05) is 31.6 Å². The van der Waals surface area contributed by atoms with Crippen LogP contribution in [0.5, 0.6) is 0 Å². The van der Waals surface area contributed by atoms with E-state index >= 15 is 0 Å². The lowest BCUT2D eigenvalue weighted by Gasteiger charge is -2.33. The molecule has 1 fully saturated rings. The van der Waals surface area contributed by atoms with Crippen LogP contribution in [0.4, 0.5) is 4.79 Å². The number of guanidine groups is 1. The highest BCUT2D eigenvalue weighted by molar-refractivity contribution is 7.79. The zero-order valence-corrected chi connectivity index (χ0v) is 28.7. The Hall–Kier alpha value is -5.23. The average molecular weight is 784 g/mol. The van der Waals surface area contributed by atoms with Gasteiger partial charge in [-0.2, -0.15) is 8.42 Å². The van der Waals surface area contributed by atoms with Gasteiger partial charge in [-0.15, -0.1) is 0 Å². The number of aliphatic hydroxyl groups is 3. The number of primary amides is 1. The smallest absolute Gasteiger partial charge is 0.394 e. The van der Waals surface area contributed by atoms with Crippen molar-refractivity contribution >= 4 is 57.8 Å². The second kappa shape index (κ2) is 22.0. The molecular formula is C25H45N13O14S. The fourth-order valence-corrected chi connectivity index (χ4v) is 4.46. The molecule has 0 aromatic rings. The summed E-state index contributed by atoms with van der Waals surface area (Å²) >= 11 is 0. The summed E-state index contributed by atoms with van der Waals surface area (Å²) in [6, 6.07) is -9.66. The molecule has 21 N–H and O–H groups in total. The van der Waals surface area contributed by atoms with Gasteiger partial charge in [-0.1, -0.05) is 0 Å². The molecular weight excluding hydrogens is 738 g/mol. The van der Waals surface area contributed by atoms with Crippen LogP contribution >= 0.6 is 0 Å². The number of carbonyl (C=O) groups is 7. The van der Waals surface area contributed by atoms with Crippen molar-refractivity contribution in [2.24, 2.45) is 27.9 Å². The van der Waals surface area contributed by atoms with Crippen LogP contribution in [0.1, 0.15) is 25.7 Å². The van der Waals surface area contributed by atoms with E-state index in [2.05, 4.69) is 42.2 Å². The molecule has 0 saturated carbocycles. The molecule has 2 aliphatic heterocycles. The van der Waals surface area contributed by atoms with Crippen molar-refractivity contribution in [3.8, 4) is 0 Å². The van der Waals surface area contributed by atoms with E-state index in [1.54, 1.807) is 0 Å². The Morgan fingerprint density at radius 2 is 1.55 bits per heavy atom. The molecule has 0 bridgehead atoms. The average Bonchev–Trinajstić information content (AvgIpc) is 3.05. The Morgan fingerprint density at radius 1 is 0.962 bits per heavy atom. The van der Waals surface area contributed by atoms with Crippen LogP contribution in [0.3, 0.4) is 0 Å². The Labute approximate surface area is 301 Å². The lowest BCUT2D eigenvalue weighted by molar-refractivity contribution is -0.135. The molecule has 0 aromatic heterocycles. The molecule has 2 heterocycles. The van der Waals surface area contributed by atoms with Gasteiger partial charge in [0.15, 0.2) is 12.2 Å². The van der Waals surface area contributed by atoms with Crippen LogP contribution in [0.2, 0.25) is 0 Å². The molecule has 0 aromatic carbocycles. The molecule has 300 valence electrons. The molecule has 0 radical (unpaired) electrons. The van der Waals surface area contributed by atoms with Gasteiger partial charge in [0.1, 0.15) is 29.9 Å². The van der Waals surface area contributed by atoms with Crippen LogP contribution in [0, 0.1) is 0 Å². The highest BCUT2D eigenvalue weighted by atomic mass is 32.3. The lowest BCUT2D eigenvalue weighted by atomic mass is 10.0. The minimum Gasteiger partial charge on any atom is -0.394 e. The number of rotatable bonds is 10. The fraction of sp³-hybridized carbons (Fsp3) is 0.600. The van der Waals surface area contributed by atoms with Gasteiger partial charge in [0.2, 0.25) is 29.5 Å². The third-order valence-corrected chi connectivity index (χ3v) is 6.91. The molecule has 27 nitrogen and oxygen atoms in total. The number of amides is 8. The number of carbonyl (C=O) groups excluding carboxylic acids is 7. The SMILES string of the molecule is NCCC[C@H](N)CC(=O)NC1CNC(=O)[C@H]([C@H]2C[C@H](O)N=C(N)N2)NC(=O)/C(=C/NC(N)=O)NC(=O)[C@H](CO)NC(=O)[C@H](CO)NC1=O.O=S(=O)(O)O. The van der Waals surface area contributed by atoms with Gasteiger partial charge >= 0.3 is 16.4 Å². The number of urea groups is 1. The largest absolute Gasteiger partial charge is 0.394 e. The number of nitrogens with one attached hydrogen (secondary N) is 8. The number of aliphatic imine (C=N–C) groups is 1. The van der Waals surface area contributed by atoms with Crippen molar-refractivity contribution < 1.29 is 66.4 Å². The molecule has 7 atom stereocenters. The topological polar surface area (TPSA) is 467 Å². The maximum atomic E-state index is 13.6. The molecule has 2 rings (SSSR count). The van der Waals surface area contributed by atoms with Crippen molar-refractivity contribution in [1.82, 2.24) is 42.5 Å². The molecule has 0 aliphatic carbocycles. The Bertz CT molecular complexity index is 1500. The number of nitrogens with two attached hydrogens (primary N) is 4. The normalized spacial score (nSPS) is 26.1. The maximum absolute atomic E-state index is 13.6. The zero-order valence-electron chi connectivity index (χ0n) is 27.9. The highest BCUT2D eigenvalue weighted by Crippen LogP contribution is 2.11. The summed E-state index contributed by atoms with van der Waals surface area (Å²) in [5.74, 6) is -6.65. The molecule has 1 unspecified atom stereocenters. The van der Waals surface area contributed by atoms with Crippen LogP contribution in [0.25, 0.3) is 0 Å². The van der Waals surface area contributed by atoms with Crippen molar-refractivity contribution in [2.75, 3.05) is 26.3 Å². The first-order valence-corrected chi connectivity index (χ1v) is 16.8. The standard InChI is InChI=1S/C25H43N13O10.H2O4S/c26-3-1-2-10(27)4-16(41)32-12-6-30-23(47)18(11-5-17(42)37-24(28)36-11)38-20(44)13(7-31-25(29)48)33-21(45)14(8-39)35-22(46)15(9-40)34-19(12)43;1-5(2,3)4/h7,10-12,14-15,17-18,39-40,42H,1-6,8-9,26-27H2,(H,30,47)(H,32,41)(H,33,45)(H,34,43)(H,35,46)(H,38,44)(H3,28,36,37)(H3,29,31,48);(H2,1,2,3,4)/b13-7-;/t10-,11+,12?,14-,15-,17-,18-;/m0./s1. The molecule has 53 heavy (non-hydrogen) atoms. The van der Waals surface area contributed by atoms with Gasteiger partial charge in [0.25, 0.3) is 5.91 Å².